The van der Waals surface area contributed by atoms with Crippen molar-refractivity contribution in [3.05, 3.63) is 35.4 Å². The molecule has 108 valence electrons. The first-order chi connectivity index (χ1) is 9.81. The number of benzene rings is 1. The van der Waals surface area contributed by atoms with Crippen LogP contribution >= 0.6 is 11.6 Å². The molecule has 1 aromatic rings. The van der Waals surface area contributed by atoms with E-state index in [9.17, 15) is 0 Å². The predicted molar refractivity (Wildman–Crippen MR) is 85.3 cm³/mol. The lowest BCUT2D eigenvalue weighted by Gasteiger charge is -2.41. The van der Waals surface area contributed by atoms with Crippen LogP contribution in [0.4, 0.5) is 0 Å². The van der Waals surface area contributed by atoms with Gasteiger partial charge in [0.2, 0.25) is 0 Å². The van der Waals surface area contributed by atoms with E-state index in [4.69, 9.17) is 11.6 Å². The summed E-state index contributed by atoms with van der Waals surface area (Å²) in [5.74, 6) is 3.85. The summed E-state index contributed by atoms with van der Waals surface area (Å²) < 4.78 is 0. The minimum absolute atomic E-state index is 0.283. The zero-order valence-electron chi connectivity index (χ0n) is 12.3. The zero-order valence-corrected chi connectivity index (χ0v) is 13.0. The molecular formula is C19H25Cl. The average Bonchev–Trinajstić information content (AvgIpc) is 3.10. The third-order valence-corrected chi connectivity index (χ3v) is 7.00. The lowest BCUT2D eigenvalue weighted by molar-refractivity contribution is 0.234. The van der Waals surface area contributed by atoms with Crippen molar-refractivity contribution in [2.24, 2.45) is 17.8 Å². The molecule has 0 heterocycles. The van der Waals surface area contributed by atoms with Crippen molar-refractivity contribution in [2.45, 2.75) is 56.8 Å². The van der Waals surface area contributed by atoms with Crippen LogP contribution in [0.2, 0.25) is 0 Å². The molecule has 4 atom stereocenters. The molecule has 3 aliphatic carbocycles. The Bertz CT molecular complexity index is 494. The van der Waals surface area contributed by atoms with Crippen LogP contribution in [-0.2, 0) is 11.8 Å². The molecule has 3 aliphatic rings. The molecule has 0 N–H and O–H groups in total. The van der Waals surface area contributed by atoms with Crippen molar-refractivity contribution in [2.75, 3.05) is 5.88 Å². The largest absolute Gasteiger partial charge is 0.126 e. The highest BCUT2D eigenvalue weighted by molar-refractivity contribution is 6.18. The summed E-state index contributed by atoms with van der Waals surface area (Å²) in [5, 5.41) is 0. The second kappa shape index (κ2) is 5.05. The lowest BCUT2D eigenvalue weighted by atomic mass is 9.65. The summed E-state index contributed by atoms with van der Waals surface area (Å²) in [6.07, 6.45) is 11.3. The number of hydrogen-bond donors (Lipinski definition) is 0. The van der Waals surface area contributed by atoms with Gasteiger partial charge in [0.1, 0.15) is 0 Å². The predicted octanol–water partition coefficient (Wildman–Crippen LogP) is 5.33. The Morgan fingerprint density at radius 2 is 2.05 bits per heavy atom. The quantitative estimate of drug-likeness (QED) is 0.660. The maximum absolute atomic E-state index is 6.55. The van der Waals surface area contributed by atoms with Crippen molar-refractivity contribution >= 4 is 11.6 Å². The summed E-state index contributed by atoms with van der Waals surface area (Å²) in [5.41, 5.74) is 3.44. The van der Waals surface area contributed by atoms with Gasteiger partial charge in [-0.05, 0) is 73.8 Å². The highest BCUT2D eigenvalue weighted by atomic mass is 35.5. The van der Waals surface area contributed by atoms with Crippen LogP contribution in [0.5, 0.6) is 0 Å². The van der Waals surface area contributed by atoms with Gasteiger partial charge in [0.15, 0.2) is 0 Å². The van der Waals surface area contributed by atoms with Gasteiger partial charge >= 0.3 is 0 Å². The van der Waals surface area contributed by atoms with Gasteiger partial charge in [-0.25, -0.2) is 0 Å². The Labute approximate surface area is 127 Å². The van der Waals surface area contributed by atoms with Crippen molar-refractivity contribution in [1.82, 2.24) is 0 Å². The Hall–Kier alpha value is -0.490. The fraction of sp³-hybridized carbons (Fsp3) is 0.684. The van der Waals surface area contributed by atoms with Crippen molar-refractivity contribution in [1.29, 1.82) is 0 Å². The normalized spacial score (nSPS) is 39.0. The fourth-order valence-electron chi connectivity index (χ4n) is 5.54. The summed E-state index contributed by atoms with van der Waals surface area (Å²) >= 11 is 6.55. The van der Waals surface area contributed by atoms with Crippen molar-refractivity contribution in [3.63, 3.8) is 0 Å². The van der Waals surface area contributed by atoms with E-state index in [1.54, 1.807) is 11.1 Å². The van der Waals surface area contributed by atoms with E-state index < -0.39 is 0 Å². The van der Waals surface area contributed by atoms with Gasteiger partial charge in [0.25, 0.3) is 0 Å². The van der Waals surface area contributed by atoms with Crippen LogP contribution in [0.1, 0.15) is 56.1 Å². The fourth-order valence-corrected chi connectivity index (χ4v) is 5.93. The molecule has 20 heavy (non-hydrogen) atoms. The third kappa shape index (κ3) is 2.03. The number of aryl methyl sites for hydroxylation is 1. The van der Waals surface area contributed by atoms with Crippen LogP contribution in [0.15, 0.2) is 24.3 Å². The van der Waals surface area contributed by atoms with Crippen LogP contribution in [0.25, 0.3) is 0 Å². The number of fused-ring (bicyclic) bond motifs is 3. The maximum Gasteiger partial charge on any atom is 0.0320 e. The highest BCUT2D eigenvalue weighted by Crippen LogP contribution is 2.54. The molecule has 0 saturated heterocycles. The van der Waals surface area contributed by atoms with E-state index in [1.165, 1.54) is 51.4 Å². The van der Waals surface area contributed by atoms with Crippen LogP contribution < -0.4 is 0 Å². The summed E-state index contributed by atoms with van der Waals surface area (Å²) in [7, 11) is 0. The number of rotatable bonds is 3. The smallest absolute Gasteiger partial charge is 0.0320 e. The molecule has 2 bridgehead atoms. The van der Waals surface area contributed by atoms with Gasteiger partial charge in [0, 0.05) is 11.3 Å². The Morgan fingerprint density at radius 3 is 2.80 bits per heavy atom. The Kier molecular flexibility index (Phi) is 3.33. The number of halogens is 1. The van der Waals surface area contributed by atoms with Crippen LogP contribution in [0, 0.1) is 17.8 Å². The topological polar surface area (TPSA) is 0 Å². The summed E-state index contributed by atoms with van der Waals surface area (Å²) in [6.45, 7) is 0. The van der Waals surface area contributed by atoms with Gasteiger partial charge in [-0.1, -0.05) is 30.7 Å². The average molecular weight is 289 g/mol. The van der Waals surface area contributed by atoms with E-state index >= 15 is 0 Å². The molecule has 0 amide bonds. The van der Waals surface area contributed by atoms with E-state index in [0.717, 1.165) is 23.6 Å². The van der Waals surface area contributed by atoms with Crippen molar-refractivity contribution < 1.29 is 0 Å². The van der Waals surface area contributed by atoms with E-state index in [0.29, 0.717) is 0 Å². The summed E-state index contributed by atoms with van der Waals surface area (Å²) in [6, 6.07) is 9.10. The standard InChI is InChI=1S/C19H25Cl/c20-13-19(12-17-11-14-7-8-16(17)10-14)9-3-5-15-4-1-2-6-18(15)19/h1-2,4,6,14,16-17H,3,5,7-13H2. The SMILES string of the molecule is ClCC1(CC2CC3CCC2C3)CCCc2ccccc21. The third-order valence-electron chi connectivity index (χ3n) is 6.48. The van der Waals surface area contributed by atoms with E-state index in [-0.39, 0.29) is 5.41 Å². The molecule has 2 fully saturated rings. The summed E-state index contributed by atoms with van der Waals surface area (Å²) in [4.78, 5) is 0. The molecule has 0 aliphatic heterocycles. The minimum Gasteiger partial charge on any atom is -0.126 e. The molecule has 0 nitrogen and oxygen atoms in total. The molecule has 0 aromatic heterocycles. The minimum atomic E-state index is 0.283. The molecule has 1 aromatic carbocycles. The maximum atomic E-state index is 6.55. The van der Waals surface area contributed by atoms with Gasteiger partial charge < -0.3 is 0 Å². The first-order valence-corrected chi connectivity index (χ1v) is 8.98. The first-order valence-electron chi connectivity index (χ1n) is 8.45. The Morgan fingerprint density at radius 1 is 1.15 bits per heavy atom. The van der Waals surface area contributed by atoms with Crippen molar-refractivity contribution in [3.8, 4) is 0 Å². The van der Waals surface area contributed by atoms with Gasteiger partial charge in [-0.15, -0.1) is 11.6 Å². The zero-order chi connectivity index (χ0) is 13.6. The first kappa shape index (κ1) is 13.2. The van der Waals surface area contributed by atoms with Gasteiger partial charge in [-0.3, -0.25) is 0 Å². The number of hydrogen-bond acceptors (Lipinski definition) is 0. The molecule has 2 saturated carbocycles. The van der Waals surface area contributed by atoms with Crippen LogP contribution in [0.3, 0.4) is 0 Å². The molecule has 0 radical (unpaired) electrons. The highest BCUT2D eigenvalue weighted by Gasteiger charge is 2.45. The molecule has 1 heteroatoms. The molecule has 0 spiro atoms. The lowest BCUT2D eigenvalue weighted by Crippen LogP contribution is -2.36. The monoisotopic (exact) mass is 288 g/mol. The second-order valence-corrected chi connectivity index (χ2v) is 7.83. The Balaban J connectivity index is 1.64. The second-order valence-electron chi connectivity index (χ2n) is 7.56. The molecule has 4 rings (SSSR count). The van der Waals surface area contributed by atoms with Crippen LogP contribution in [-0.4, -0.2) is 5.88 Å². The molecular weight excluding hydrogens is 264 g/mol. The van der Waals surface area contributed by atoms with Gasteiger partial charge in [0.05, 0.1) is 0 Å². The van der Waals surface area contributed by atoms with Gasteiger partial charge in [-0.2, -0.15) is 0 Å². The van der Waals surface area contributed by atoms with E-state index in [1.807, 2.05) is 0 Å². The van der Waals surface area contributed by atoms with E-state index in [2.05, 4.69) is 24.3 Å². The molecule has 4 unspecified atom stereocenters. The number of alkyl halides is 1.